The number of hydrogen-bond acceptors (Lipinski definition) is 2. The van der Waals surface area contributed by atoms with Gasteiger partial charge in [0, 0.05) is 16.6 Å². The van der Waals surface area contributed by atoms with Crippen LogP contribution in [0.3, 0.4) is 0 Å². The highest BCUT2D eigenvalue weighted by Gasteiger charge is 2.16. The average Bonchev–Trinajstić information content (AvgIpc) is 2.40. The summed E-state index contributed by atoms with van der Waals surface area (Å²) >= 11 is 2.93. The maximum Gasteiger partial charge on any atom is 0.150 e. The smallest absolute Gasteiger partial charge is 0.150 e. The largest absolute Gasteiger partial charge is 0.386 e. The van der Waals surface area contributed by atoms with Crippen LogP contribution in [0.2, 0.25) is 0 Å². The first-order valence-electron chi connectivity index (χ1n) is 5.90. The second-order valence-electron chi connectivity index (χ2n) is 4.31. The molecule has 7 heteroatoms. The Morgan fingerprint density at radius 1 is 1.00 bits per heavy atom. The van der Waals surface area contributed by atoms with E-state index in [0.717, 1.165) is 30.3 Å². The number of benzene rings is 2. The van der Waals surface area contributed by atoms with Crippen LogP contribution in [0.1, 0.15) is 11.7 Å². The highest BCUT2D eigenvalue weighted by molar-refractivity contribution is 9.10. The Bertz CT molecular complexity index is 642. The van der Waals surface area contributed by atoms with E-state index in [2.05, 4.69) is 21.2 Å². The molecule has 0 aliphatic heterocycles. The molecule has 0 saturated heterocycles. The van der Waals surface area contributed by atoms with E-state index < -0.39 is 35.1 Å². The molecule has 2 nitrogen and oxygen atoms in total. The van der Waals surface area contributed by atoms with E-state index in [0.29, 0.717) is 0 Å². The van der Waals surface area contributed by atoms with E-state index in [1.165, 1.54) is 0 Å². The Hall–Kier alpha value is -1.60. The van der Waals surface area contributed by atoms with Crippen molar-refractivity contribution < 1.29 is 22.7 Å². The van der Waals surface area contributed by atoms with Crippen LogP contribution in [-0.4, -0.2) is 11.7 Å². The van der Waals surface area contributed by atoms with Crippen LogP contribution in [-0.2, 0) is 0 Å². The van der Waals surface area contributed by atoms with Gasteiger partial charge in [-0.1, -0.05) is 15.9 Å². The van der Waals surface area contributed by atoms with Crippen molar-refractivity contribution in [3.8, 4) is 0 Å². The van der Waals surface area contributed by atoms with E-state index in [1.807, 2.05) is 0 Å². The molecule has 0 spiro atoms. The standard InChI is InChI=1S/C14H10BrF4NO/c15-7-3-11(18)14(12(19)4-7)20-6-13(21)9-5-8(16)1-2-10(9)17/h1-5,13,20-21H,6H2. The molecule has 0 aliphatic rings. The Morgan fingerprint density at radius 3 is 2.24 bits per heavy atom. The molecule has 1 atom stereocenters. The molecule has 2 N–H and O–H groups in total. The Labute approximate surface area is 126 Å². The molecule has 0 saturated carbocycles. The number of aliphatic hydroxyl groups is 1. The first-order chi connectivity index (χ1) is 9.88. The Kier molecular flexibility index (Phi) is 4.84. The van der Waals surface area contributed by atoms with Gasteiger partial charge < -0.3 is 10.4 Å². The van der Waals surface area contributed by atoms with E-state index >= 15 is 0 Å². The SMILES string of the molecule is OC(CNc1c(F)cc(Br)cc1F)c1cc(F)ccc1F. The Morgan fingerprint density at radius 2 is 1.62 bits per heavy atom. The molecular weight excluding hydrogens is 354 g/mol. The van der Waals surface area contributed by atoms with Gasteiger partial charge >= 0.3 is 0 Å². The maximum absolute atomic E-state index is 13.6. The molecule has 0 heterocycles. The molecule has 0 bridgehead atoms. The highest BCUT2D eigenvalue weighted by Crippen LogP contribution is 2.25. The van der Waals surface area contributed by atoms with Gasteiger partial charge in [0.2, 0.25) is 0 Å². The van der Waals surface area contributed by atoms with Gasteiger partial charge in [-0.05, 0) is 30.3 Å². The molecule has 1 unspecified atom stereocenters. The molecule has 2 aromatic carbocycles. The molecule has 0 fully saturated rings. The summed E-state index contributed by atoms with van der Waals surface area (Å²) in [4.78, 5) is 0. The third-order valence-corrected chi connectivity index (χ3v) is 3.25. The van der Waals surface area contributed by atoms with Gasteiger partial charge in [-0.3, -0.25) is 0 Å². The summed E-state index contributed by atoms with van der Waals surface area (Å²) in [6.07, 6.45) is -1.46. The van der Waals surface area contributed by atoms with E-state index in [9.17, 15) is 22.7 Å². The molecular formula is C14H10BrF4NO. The van der Waals surface area contributed by atoms with Gasteiger partial charge in [-0.15, -0.1) is 0 Å². The van der Waals surface area contributed by atoms with Crippen LogP contribution in [0.5, 0.6) is 0 Å². The first kappa shape index (κ1) is 15.8. The molecule has 0 amide bonds. The number of halogens is 5. The van der Waals surface area contributed by atoms with Crippen molar-refractivity contribution in [2.75, 3.05) is 11.9 Å². The predicted molar refractivity (Wildman–Crippen MR) is 73.9 cm³/mol. The molecule has 2 rings (SSSR count). The molecule has 0 aliphatic carbocycles. The van der Waals surface area contributed by atoms with Crippen molar-refractivity contribution in [2.24, 2.45) is 0 Å². The minimum Gasteiger partial charge on any atom is -0.386 e. The van der Waals surface area contributed by atoms with Gasteiger partial charge in [0.1, 0.15) is 29.0 Å². The van der Waals surface area contributed by atoms with Crippen LogP contribution in [0.25, 0.3) is 0 Å². The summed E-state index contributed by atoms with van der Waals surface area (Å²) in [7, 11) is 0. The number of rotatable bonds is 4. The van der Waals surface area contributed by atoms with Crippen LogP contribution in [0, 0.1) is 23.3 Å². The lowest BCUT2D eigenvalue weighted by Crippen LogP contribution is -2.15. The second-order valence-corrected chi connectivity index (χ2v) is 5.22. The van der Waals surface area contributed by atoms with Crippen LogP contribution >= 0.6 is 15.9 Å². The monoisotopic (exact) mass is 363 g/mol. The van der Waals surface area contributed by atoms with E-state index in [4.69, 9.17) is 0 Å². The van der Waals surface area contributed by atoms with Crippen molar-refractivity contribution in [3.05, 3.63) is 63.6 Å². The van der Waals surface area contributed by atoms with Crippen molar-refractivity contribution in [1.82, 2.24) is 0 Å². The molecule has 0 aromatic heterocycles. The van der Waals surface area contributed by atoms with Crippen LogP contribution in [0.15, 0.2) is 34.8 Å². The fraction of sp³-hybridized carbons (Fsp3) is 0.143. The zero-order chi connectivity index (χ0) is 15.6. The van der Waals surface area contributed by atoms with E-state index in [-0.39, 0.29) is 16.6 Å². The first-order valence-corrected chi connectivity index (χ1v) is 6.69. The average molecular weight is 364 g/mol. The lowest BCUT2D eigenvalue weighted by molar-refractivity contribution is 0.186. The topological polar surface area (TPSA) is 32.3 Å². The van der Waals surface area contributed by atoms with Gasteiger partial charge in [0.05, 0.1) is 6.10 Å². The highest BCUT2D eigenvalue weighted by atomic mass is 79.9. The van der Waals surface area contributed by atoms with Crippen LogP contribution < -0.4 is 5.32 Å². The normalized spacial score (nSPS) is 12.3. The fourth-order valence-corrected chi connectivity index (χ4v) is 2.19. The predicted octanol–water partition coefficient (Wildman–Crippen LogP) is 4.15. The van der Waals surface area contributed by atoms with Gasteiger partial charge in [-0.2, -0.15) is 0 Å². The van der Waals surface area contributed by atoms with E-state index in [1.54, 1.807) is 0 Å². The second kappa shape index (κ2) is 6.44. The van der Waals surface area contributed by atoms with Crippen molar-refractivity contribution in [3.63, 3.8) is 0 Å². The summed E-state index contributed by atoms with van der Waals surface area (Å²) in [5.41, 5.74) is -0.741. The molecule has 112 valence electrons. The summed E-state index contributed by atoms with van der Waals surface area (Å²) in [6, 6.07) is 4.69. The number of anilines is 1. The number of aliphatic hydroxyl groups excluding tert-OH is 1. The third-order valence-electron chi connectivity index (χ3n) is 2.80. The summed E-state index contributed by atoms with van der Waals surface area (Å²) < 4.78 is 53.8. The maximum atomic E-state index is 13.6. The zero-order valence-corrected chi connectivity index (χ0v) is 12.1. The lowest BCUT2D eigenvalue weighted by atomic mass is 10.1. The summed E-state index contributed by atoms with van der Waals surface area (Å²) in [5, 5.41) is 12.1. The van der Waals surface area contributed by atoms with Crippen molar-refractivity contribution >= 4 is 21.6 Å². The molecule has 21 heavy (non-hydrogen) atoms. The number of nitrogens with one attached hydrogen (secondary N) is 1. The van der Waals surface area contributed by atoms with Gasteiger partial charge in [-0.25, -0.2) is 17.6 Å². The van der Waals surface area contributed by atoms with Gasteiger partial charge in [0.25, 0.3) is 0 Å². The lowest BCUT2D eigenvalue weighted by Gasteiger charge is -2.15. The van der Waals surface area contributed by atoms with Crippen molar-refractivity contribution in [1.29, 1.82) is 0 Å². The quantitative estimate of drug-likeness (QED) is 0.799. The summed E-state index contributed by atoms with van der Waals surface area (Å²) in [5.74, 6) is -3.25. The van der Waals surface area contributed by atoms with Crippen LogP contribution in [0.4, 0.5) is 23.2 Å². The molecule has 2 aromatic rings. The zero-order valence-electron chi connectivity index (χ0n) is 10.5. The minimum absolute atomic E-state index is 0.222. The molecule has 0 radical (unpaired) electrons. The Balaban J connectivity index is 2.15. The van der Waals surface area contributed by atoms with Crippen molar-refractivity contribution in [2.45, 2.75) is 6.10 Å². The fourth-order valence-electron chi connectivity index (χ4n) is 1.79. The minimum atomic E-state index is -1.46. The van der Waals surface area contributed by atoms with Gasteiger partial charge in [0.15, 0.2) is 0 Å². The number of hydrogen-bond donors (Lipinski definition) is 2. The summed E-state index contributed by atoms with van der Waals surface area (Å²) in [6.45, 7) is -0.379. The third kappa shape index (κ3) is 3.74.